The lowest BCUT2D eigenvalue weighted by Crippen LogP contribution is -2.03. The molecule has 2 rings (SSSR count). The number of nitrogens with two attached hydrogens (primary N) is 1. The first kappa shape index (κ1) is 13.3. The second-order valence-electron chi connectivity index (χ2n) is 4.21. The first-order valence-electron chi connectivity index (χ1n) is 5.86. The van der Waals surface area contributed by atoms with E-state index in [0.717, 1.165) is 11.4 Å². The van der Waals surface area contributed by atoms with E-state index in [1.807, 2.05) is 11.5 Å². The summed E-state index contributed by atoms with van der Waals surface area (Å²) in [4.78, 5) is 4.38. The molecule has 1 heterocycles. The minimum absolute atomic E-state index is 0.00966. The number of alkyl halides is 2. The van der Waals surface area contributed by atoms with E-state index in [1.165, 1.54) is 12.1 Å². The average molecular weight is 263 g/mol. The molecule has 0 saturated heterocycles. The molecule has 0 aliphatic heterocycles. The van der Waals surface area contributed by atoms with Crippen molar-refractivity contribution in [3.63, 3.8) is 0 Å². The second-order valence-corrected chi connectivity index (χ2v) is 4.21. The quantitative estimate of drug-likeness (QED) is 0.857. The fourth-order valence-electron chi connectivity index (χ4n) is 1.94. The predicted octanol–water partition coefficient (Wildman–Crippen LogP) is 3.56. The maximum absolute atomic E-state index is 12.5. The van der Waals surface area contributed by atoms with Gasteiger partial charge in [-0.25, -0.2) is 13.8 Å². The Hall–Kier alpha value is -2.17. The molecule has 0 amide bonds. The van der Waals surface area contributed by atoms with Crippen LogP contribution in [-0.4, -0.2) is 9.55 Å². The van der Waals surface area contributed by atoms with Gasteiger partial charge in [0.25, 0.3) is 6.43 Å². The van der Waals surface area contributed by atoms with Crippen molar-refractivity contribution in [2.75, 3.05) is 5.73 Å². The Kier molecular flexibility index (Phi) is 3.64. The third-order valence-corrected chi connectivity index (χ3v) is 2.95. The Morgan fingerprint density at radius 1 is 1.37 bits per heavy atom. The average Bonchev–Trinajstić information content (AvgIpc) is 2.67. The highest BCUT2D eigenvalue weighted by Crippen LogP contribution is 2.28. The van der Waals surface area contributed by atoms with Crippen molar-refractivity contribution in [1.82, 2.24) is 9.55 Å². The predicted molar refractivity (Wildman–Crippen MR) is 72.0 cm³/mol. The SMILES string of the molecule is C=CCn1c(C)nc(-c2ccc(C(F)F)cc2)c1N. The molecule has 2 aromatic rings. The van der Waals surface area contributed by atoms with Crippen molar-refractivity contribution >= 4 is 5.82 Å². The molecule has 100 valence electrons. The normalized spacial score (nSPS) is 10.9. The first-order valence-corrected chi connectivity index (χ1v) is 5.86. The summed E-state index contributed by atoms with van der Waals surface area (Å²) < 4.78 is 26.8. The maximum Gasteiger partial charge on any atom is 0.263 e. The highest BCUT2D eigenvalue weighted by atomic mass is 19.3. The number of aromatic nitrogens is 2. The third kappa shape index (κ3) is 2.50. The van der Waals surface area contributed by atoms with Gasteiger partial charge in [-0.15, -0.1) is 6.58 Å². The summed E-state index contributed by atoms with van der Waals surface area (Å²) in [5.74, 6) is 1.28. The van der Waals surface area contributed by atoms with Crippen LogP contribution in [-0.2, 0) is 6.54 Å². The van der Waals surface area contributed by atoms with E-state index in [-0.39, 0.29) is 5.56 Å². The molecule has 3 nitrogen and oxygen atoms in total. The van der Waals surface area contributed by atoms with Gasteiger partial charge in [0.2, 0.25) is 0 Å². The van der Waals surface area contributed by atoms with Crippen molar-refractivity contribution in [2.45, 2.75) is 19.9 Å². The lowest BCUT2D eigenvalue weighted by Gasteiger charge is -2.05. The van der Waals surface area contributed by atoms with Crippen LogP contribution in [0.4, 0.5) is 14.6 Å². The van der Waals surface area contributed by atoms with Crippen molar-refractivity contribution in [3.8, 4) is 11.3 Å². The summed E-state index contributed by atoms with van der Waals surface area (Å²) in [5.41, 5.74) is 7.36. The Labute approximate surface area is 110 Å². The highest BCUT2D eigenvalue weighted by molar-refractivity contribution is 5.71. The zero-order valence-electron chi connectivity index (χ0n) is 10.6. The summed E-state index contributed by atoms with van der Waals surface area (Å²) in [6.45, 7) is 6.08. The largest absolute Gasteiger partial charge is 0.383 e. The van der Waals surface area contributed by atoms with Crippen molar-refractivity contribution in [1.29, 1.82) is 0 Å². The molecular formula is C14H15F2N3. The minimum Gasteiger partial charge on any atom is -0.383 e. The van der Waals surface area contributed by atoms with Gasteiger partial charge in [0, 0.05) is 17.7 Å². The number of nitrogen functional groups attached to an aromatic ring is 1. The number of halogens is 2. The van der Waals surface area contributed by atoms with Gasteiger partial charge in [-0.2, -0.15) is 0 Å². The number of hydrogen-bond acceptors (Lipinski definition) is 2. The van der Waals surface area contributed by atoms with Crippen LogP contribution in [0.2, 0.25) is 0 Å². The molecule has 2 N–H and O–H groups in total. The minimum atomic E-state index is -2.47. The number of aryl methyl sites for hydroxylation is 1. The van der Waals surface area contributed by atoms with Crippen LogP contribution in [0, 0.1) is 6.92 Å². The molecular weight excluding hydrogens is 248 g/mol. The van der Waals surface area contributed by atoms with E-state index in [2.05, 4.69) is 11.6 Å². The zero-order chi connectivity index (χ0) is 14.0. The summed E-state index contributed by atoms with van der Waals surface area (Å²) in [6, 6.07) is 6.00. The zero-order valence-corrected chi connectivity index (χ0v) is 10.6. The van der Waals surface area contributed by atoms with E-state index in [1.54, 1.807) is 18.2 Å². The van der Waals surface area contributed by atoms with Crippen molar-refractivity contribution < 1.29 is 8.78 Å². The standard InChI is InChI=1S/C14H15F2N3/c1-3-8-19-9(2)18-12(14(19)17)10-4-6-11(7-5-10)13(15)16/h3-7,13H,1,8,17H2,2H3. The number of benzene rings is 1. The number of anilines is 1. The summed E-state index contributed by atoms with van der Waals surface area (Å²) >= 11 is 0. The molecule has 0 fully saturated rings. The number of hydrogen-bond donors (Lipinski definition) is 1. The topological polar surface area (TPSA) is 43.8 Å². The first-order chi connectivity index (χ1) is 9.04. The van der Waals surface area contributed by atoms with E-state index in [9.17, 15) is 8.78 Å². The summed E-state index contributed by atoms with van der Waals surface area (Å²) in [7, 11) is 0. The van der Waals surface area contributed by atoms with Gasteiger partial charge in [-0.1, -0.05) is 30.3 Å². The van der Waals surface area contributed by atoms with Gasteiger partial charge in [0.05, 0.1) is 0 Å². The van der Waals surface area contributed by atoms with Crippen LogP contribution < -0.4 is 5.73 Å². The number of allylic oxidation sites excluding steroid dienone is 1. The molecule has 0 atom stereocenters. The lowest BCUT2D eigenvalue weighted by molar-refractivity contribution is 0.151. The third-order valence-electron chi connectivity index (χ3n) is 2.95. The van der Waals surface area contributed by atoms with Gasteiger partial charge in [-0.3, -0.25) is 0 Å². The van der Waals surface area contributed by atoms with Crippen LogP contribution in [0.3, 0.4) is 0 Å². The molecule has 0 aliphatic rings. The molecule has 1 aromatic carbocycles. The second kappa shape index (κ2) is 5.22. The van der Waals surface area contributed by atoms with Gasteiger partial charge in [0.15, 0.2) is 0 Å². The Balaban J connectivity index is 2.41. The van der Waals surface area contributed by atoms with Crippen molar-refractivity contribution in [3.05, 3.63) is 48.3 Å². The number of rotatable bonds is 4. The number of imidazole rings is 1. The van der Waals surface area contributed by atoms with Crippen LogP contribution in [0.15, 0.2) is 36.9 Å². The fraction of sp³-hybridized carbons (Fsp3) is 0.214. The smallest absolute Gasteiger partial charge is 0.263 e. The Bertz CT molecular complexity index is 585. The molecule has 1 aromatic heterocycles. The van der Waals surface area contributed by atoms with Crippen LogP contribution in [0.25, 0.3) is 11.3 Å². The summed E-state index contributed by atoms with van der Waals surface area (Å²) in [5, 5.41) is 0. The number of nitrogens with zero attached hydrogens (tertiary/aromatic N) is 2. The van der Waals surface area contributed by atoms with Crippen LogP contribution in [0.5, 0.6) is 0 Å². The van der Waals surface area contributed by atoms with Gasteiger partial charge in [0.1, 0.15) is 17.3 Å². The van der Waals surface area contributed by atoms with E-state index in [0.29, 0.717) is 18.1 Å². The molecule has 0 unspecified atom stereocenters. The van der Waals surface area contributed by atoms with Gasteiger partial charge >= 0.3 is 0 Å². The van der Waals surface area contributed by atoms with Crippen LogP contribution >= 0.6 is 0 Å². The highest BCUT2D eigenvalue weighted by Gasteiger charge is 2.13. The van der Waals surface area contributed by atoms with Gasteiger partial charge in [-0.05, 0) is 6.92 Å². The van der Waals surface area contributed by atoms with E-state index >= 15 is 0 Å². The Morgan fingerprint density at radius 3 is 2.53 bits per heavy atom. The molecule has 0 saturated carbocycles. The molecule has 19 heavy (non-hydrogen) atoms. The molecule has 0 bridgehead atoms. The Morgan fingerprint density at radius 2 is 2.00 bits per heavy atom. The van der Waals surface area contributed by atoms with E-state index < -0.39 is 6.43 Å². The lowest BCUT2D eigenvalue weighted by atomic mass is 10.1. The maximum atomic E-state index is 12.5. The molecule has 0 aliphatic carbocycles. The summed E-state index contributed by atoms with van der Waals surface area (Å²) in [6.07, 6.45) is -0.735. The van der Waals surface area contributed by atoms with Gasteiger partial charge < -0.3 is 10.3 Å². The molecule has 0 radical (unpaired) electrons. The molecule has 0 spiro atoms. The monoisotopic (exact) mass is 263 g/mol. The molecule has 5 heteroatoms. The van der Waals surface area contributed by atoms with Crippen LogP contribution in [0.1, 0.15) is 17.8 Å². The fourth-order valence-corrected chi connectivity index (χ4v) is 1.94. The van der Waals surface area contributed by atoms with E-state index in [4.69, 9.17) is 5.73 Å². The van der Waals surface area contributed by atoms with Crippen molar-refractivity contribution in [2.24, 2.45) is 0 Å².